The van der Waals surface area contributed by atoms with Gasteiger partial charge in [-0.3, -0.25) is 4.79 Å². The van der Waals surface area contributed by atoms with Crippen molar-refractivity contribution in [1.82, 2.24) is 4.90 Å². The molecule has 0 aliphatic carbocycles. The van der Waals surface area contributed by atoms with Crippen LogP contribution in [0.2, 0.25) is 0 Å². The molecule has 2 N–H and O–H groups in total. The zero-order chi connectivity index (χ0) is 12.4. The van der Waals surface area contributed by atoms with Crippen LogP contribution in [0.15, 0.2) is 18.2 Å². The molecule has 0 unspecified atom stereocenters. The smallest absolute Gasteiger partial charge is 0.227 e. The van der Waals surface area contributed by atoms with E-state index in [1.807, 2.05) is 0 Å². The van der Waals surface area contributed by atoms with E-state index in [-0.39, 0.29) is 36.3 Å². The molecule has 0 radical (unpaired) electrons. The van der Waals surface area contributed by atoms with Gasteiger partial charge in [-0.2, -0.15) is 0 Å². The van der Waals surface area contributed by atoms with E-state index in [4.69, 9.17) is 5.73 Å². The number of likely N-dealkylation sites (tertiary alicyclic amines) is 1. The number of hydrogen-bond donors (Lipinski definition) is 1. The highest BCUT2D eigenvalue weighted by molar-refractivity contribution is 5.85. The molecule has 2 rings (SSSR count). The fraction of sp³-hybridized carbons (Fsp3) is 0.417. The van der Waals surface area contributed by atoms with Crippen LogP contribution in [0, 0.1) is 11.6 Å². The molecule has 1 aliphatic rings. The average molecular weight is 277 g/mol. The van der Waals surface area contributed by atoms with E-state index in [0.717, 1.165) is 18.6 Å². The molecule has 1 fully saturated rings. The Morgan fingerprint density at radius 2 is 2.00 bits per heavy atom. The van der Waals surface area contributed by atoms with Gasteiger partial charge in [0, 0.05) is 24.7 Å². The van der Waals surface area contributed by atoms with E-state index in [1.54, 1.807) is 4.90 Å². The second-order valence-corrected chi connectivity index (χ2v) is 4.27. The van der Waals surface area contributed by atoms with E-state index in [2.05, 4.69) is 0 Å². The van der Waals surface area contributed by atoms with Crippen LogP contribution in [0.5, 0.6) is 0 Å². The normalized spacial score (nSPS) is 18.6. The summed E-state index contributed by atoms with van der Waals surface area (Å²) in [5, 5.41) is 0. The van der Waals surface area contributed by atoms with Gasteiger partial charge in [0.05, 0.1) is 6.42 Å². The monoisotopic (exact) mass is 276 g/mol. The van der Waals surface area contributed by atoms with Crippen molar-refractivity contribution in [2.75, 3.05) is 13.1 Å². The van der Waals surface area contributed by atoms with Crippen LogP contribution in [0.3, 0.4) is 0 Å². The zero-order valence-electron chi connectivity index (χ0n) is 9.73. The number of amides is 1. The summed E-state index contributed by atoms with van der Waals surface area (Å²) in [4.78, 5) is 13.4. The minimum Gasteiger partial charge on any atom is -0.341 e. The second kappa shape index (κ2) is 6.11. The number of rotatable bonds is 2. The number of benzene rings is 1. The SMILES string of the molecule is Cl.N[C@@H]1CCN(C(=O)Cc2c(F)cccc2F)C1. The summed E-state index contributed by atoms with van der Waals surface area (Å²) in [5.74, 6) is -1.63. The van der Waals surface area contributed by atoms with Crippen molar-refractivity contribution in [3.05, 3.63) is 35.4 Å². The van der Waals surface area contributed by atoms with Gasteiger partial charge in [-0.1, -0.05) is 6.07 Å². The number of nitrogens with two attached hydrogens (primary N) is 1. The lowest BCUT2D eigenvalue weighted by atomic mass is 10.1. The lowest BCUT2D eigenvalue weighted by molar-refractivity contribution is -0.129. The summed E-state index contributed by atoms with van der Waals surface area (Å²) in [7, 11) is 0. The number of carbonyl (C=O) groups is 1. The molecule has 18 heavy (non-hydrogen) atoms. The first-order valence-electron chi connectivity index (χ1n) is 5.54. The summed E-state index contributed by atoms with van der Waals surface area (Å²) in [5.41, 5.74) is 5.51. The second-order valence-electron chi connectivity index (χ2n) is 4.27. The van der Waals surface area contributed by atoms with Crippen LogP contribution in [-0.2, 0) is 11.2 Å². The van der Waals surface area contributed by atoms with Crippen molar-refractivity contribution in [3.8, 4) is 0 Å². The maximum atomic E-state index is 13.3. The minimum atomic E-state index is -0.679. The van der Waals surface area contributed by atoms with Gasteiger partial charge in [-0.25, -0.2) is 8.78 Å². The number of nitrogens with zero attached hydrogens (tertiary/aromatic N) is 1. The van der Waals surface area contributed by atoms with Crippen LogP contribution < -0.4 is 5.73 Å². The molecule has 3 nitrogen and oxygen atoms in total. The third-order valence-corrected chi connectivity index (χ3v) is 2.97. The van der Waals surface area contributed by atoms with Crippen LogP contribution in [0.25, 0.3) is 0 Å². The molecule has 1 atom stereocenters. The highest BCUT2D eigenvalue weighted by atomic mass is 35.5. The minimum absolute atomic E-state index is 0. The first kappa shape index (κ1) is 14.9. The molecule has 0 aromatic heterocycles. The molecular formula is C12H15ClF2N2O. The van der Waals surface area contributed by atoms with Gasteiger partial charge in [-0.15, -0.1) is 12.4 Å². The predicted octanol–water partition coefficient (Wildman–Crippen LogP) is 1.49. The molecule has 1 saturated heterocycles. The van der Waals surface area contributed by atoms with Gasteiger partial charge in [0.15, 0.2) is 0 Å². The van der Waals surface area contributed by atoms with Crippen molar-refractivity contribution in [2.45, 2.75) is 18.9 Å². The maximum absolute atomic E-state index is 13.3. The summed E-state index contributed by atoms with van der Waals surface area (Å²) < 4.78 is 26.7. The van der Waals surface area contributed by atoms with Gasteiger partial charge < -0.3 is 10.6 Å². The Balaban J connectivity index is 0.00000162. The molecular weight excluding hydrogens is 262 g/mol. The summed E-state index contributed by atoms with van der Waals surface area (Å²) in [6.45, 7) is 1.03. The summed E-state index contributed by atoms with van der Waals surface area (Å²) in [6.07, 6.45) is 0.497. The first-order valence-corrected chi connectivity index (χ1v) is 5.54. The van der Waals surface area contributed by atoms with E-state index >= 15 is 0 Å². The van der Waals surface area contributed by atoms with Gasteiger partial charge in [0.25, 0.3) is 0 Å². The molecule has 100 valence electrons. The molecule has 1 heterocycles. The third kappa shape index (κ3) is 3.17. The van der Waals surface area contributed by atoms with Gasteiger partial charge in [-0.05, 0) is 18.6 Å². The Morgan fingerprint density at radius 1 is 1.39 bits per heavy atom. The number of halogens is 3. The topological polar surface area (TPSA) is 46.3 Å². The molecule has 1 amide bonds. The van der Waals surface area contributed by atoms with Crippen molar-refractivity contribution >= 4 is 18.3 Å². The standard InChI is InChI=1S/C12H14F2N2O.ClH/c13-10-2-1-3-11(14)9(10)6-12(17)16-5-4-8(15)7-16;/h1-3,8H,4-7,15H2;1H/t8-;/m1./s1. The fourth-order valence-electron chi connectivity index (χ4n) is 1.98. The van der Waals surface area contributed by atoms with Gasteiger partial charge in [0.1, 0.15) is 11.6 Å². The Hall–Kier alpha value is -1.20. The lowest BCUT2D eigenvalue weighted by Crippen LogP contribution is -2.33. The molecule has 6 heteroatoms. The van der Waals surface area contributed by atoms with Crippen LogP contribution in [0.4, 0.5) is 8.78 Å². The fourth-order valence-corrected chi connectivity index (χ4v) is 1.98. The van der Waals surface area contributed by atoms with Crippen molar-refractivity contribution in [2.24, 2.45) is 5.73 Å². The maximum Gasteiger partial charge on any atom is 0.227 e. The van der Waals surface area contributed by atoms with Crippen LogP contribution in [0.1, 0.15) is 12.0 Å². The van der Waals surface area contributed by atoms with E-state index < -0.39 is 11.6 Å². The Kier molecular flexibility index (Phi) is 5.04. The van der Waals surface area contributed by atoms with E-state index in [9.17, 15) is 13.6 Å². The lowest BCUT2D eigenvalue weighted by Gasteiger charge is -2.16. The predicted molar refractivity (Wildman–Crippen MR) is 66.5 cm³/mol. The zero-order valence-corrected chi connectivity index (χ0v) is 10.6. The molecule has 0 bridgehead atoms. The first-order chi connectivity index (χ1) is 8.08. The van der Waals surface area contributed by atoms with Crippen molar-refractivity contribution in [1.29, 1.82) is 0 Å². The number of hydrogen-bond acceptors (Lipinski definition) is 2. The largest absolute Gasteiger partial charge is 0.341 e. The van der Waals surface area contributed by atoms with Crippen molar-refractivity contribution in [3.63, 3.8) is 0 Å². The highest BCUT2D eigenvalue weighted by Gasteiger charge is 2.25. The average Bonchev–Trinajstić information content (AvgIpc) is 2.70. The highest BCUT2D eigenvalue weighted by Crippen LogP contribution is 2.15. The van der Waals surface area contributed by atoms with Crippen LogP contribution in [-0.4, -0.2) is 29.9 Å². The molecule has 0 spiro atoms. The Labute approximate surface area is 110 Å². The molecule has 1 aliphatic heterocycles. The molecule has 1 aromatic carbocycles. The number of carbonyl (C=O) groups excluding carboxylic acids is 1. The van der Waals surface area contributed by atoms with E-state index in [0.29, 0.717) is 13.1 Å². The molecule has 1 aromatic rings. The third-order valence-electron chi connectivity index (χ3n) is 2.97. The summed E-state index contributed by atoms with van der Waals surface area (Å²) in [6, 6.07) is 3.57. The van der Waals surface area contributed by atoms with Gasteiger partial charge >= 0.3 is 0 Å². The Bertz CT molecular complexity index is 422. The van der Waals surface area contributed by atoms with E-state index in [1.165, 1.54) is 6.07 Å². The Morgan fingerprint density at radius 3 is 2.50 bits per heavy atom. The van der Waals surface area contributed by atoms with Crippen molar-refractivity contribution < 1.29 is 13.6 Å². The summed E-state index contributed by atoms with van der Waals surface area (Å²) >= 11 is 0. The van der Waals surface area contributed by atoms with Crippen LogP contribution >= 0.6 is 12.4 Å². The quantitative estimate of drug-likeness (QED) is 0.890. The molecule has 0 saturated carbocycles. The van der Waals surface area contributed by atoms with Gasteiger partial charge in [0.2, 0.25) is 5.91 Å².